The molecule has 3 aromatic carbocycles. The van der Waals surface area contributed by atoms with E-state index in [0.717, 1.165) is 96.9 Å². The number of nitrogens with zero attached hydrogens (tertiary/aromatic N) is 7. The van der Waals surface area contributed by atoms with Gasteiger partial charge in [0.1, 0.15) is 11.2 Å². The molecule has 4 aromatic rings. The number of aryl methyl sites for hydroxylation is 1. The number of hydrogen-bond donors (Lipinski definition) is 1. The van der Waals surface area contributed by atoms with E-state index >= 15 is 0 Å². The lowest BCUT2D eigenvalue weighted by atomic mass is 10.1. The van der Waals surface area contributed by atoms with E-state index < -0.39 is 30.7 Å². The molecule has 106 heavy (non-hydrogen) atoms. The molecule has 0 bridgehead atoms. The number of carbonyl (C=O) groups is 7. The summed E-state index contributed by atoms with van der Waals surface area (Å²) in [6, 6.07) is 31.3. The van der Waals surface area contributed by atoms with Crippen molar-refractivity contribution in [3.8, 4) is 12.3 Å². The van der Waals surface area contributed by atoms with Crippen molar-refractivity contribution >= 4 is 50.1 Å². The van der Waals surface area contributed by atoms with Gasteiger partial charge in [0, 0.05) is 97.1 Å². The summed E-state index contributed by atoms with van der Waals surface area (Å²) >= 11 is 0. The van der Waals surface area contributed by atoms with Crippen LogP contribution >= 0.6 is 0 Å². The van der Waals surface area contributed by atoms with E-state index in [0.29, 0.717) is 88.7 Å². The van der Waals surface area contributed by atoms with Gasteiger partial charge in [-0.25, -0.2) is 19.2 Å². The zero-order valence-corrected chi connectivity index (χ0v) is 66.8. The van der Waals surface area contributed by atoms with Crippen molar-refractivity contribution in [3.63, 3.8) is 0 Å². The molecule has 1 N–H and O–H groups in total. The van der Waals surface area contributed by atoms with Gasteiger partial charge in [-0.2, -0.15) is 4.98 Å². The number of ether oxygens (including phenoxy) is 8. The minimum absolute atomic E-state index is 0.00926. The first-order chi connectivity index (χ1) is 50.2. The van der Waals surface area contributed by atoms with Crippen LogP contribution in [0, 0.1) is 59.2 Å². The number of likely N-dealkylation sites (tertiary alicyclic amines) is 3. The molecule has 4 aliphatic carbocycles. The zero-order valence-electron chi connectivity index (χ0n) is 65.8. The van der Waals surface area contributed by atoms with Crippen molar-refractivity contribution in [1.29, 1.82) is 0 Å². The second-order valence-electron chi connectivity index (χ2n) is 32.0. The van der Waals surface area contributed by atoms with Crippen LogP contribution in [-0.2, 0) is 86.9 Å². The van der Waals surface area contributed by atoms with E-state index in [-0.39, 0.29) is 58.2 Å². The van der Waals surface area contributed by atoms with Crippen LogP contribution in [0.25, 0.3) is 0 Å². The third kappa shape index (κ3) is 24.8. The van der Waals surface area contributed by atoms with Gasteiger partial charge in [-0.1, -0.05) is 122 Å². The van der Waals surface area contributed by atoms with Crippen LogP contribution in [0.15, 0.2) is 107 Å². The molecule has 8 unspecified atom stereocenters. The second kappa shape index (κ2) is 38.2. The number of carbonyl (C=O) groups excluding carboxylic acids is 7. The predicted molar refractivity (Wildman–Crippen MR) is 405 cm³/mol. The molecule has 25 heteroatoms. The molecule has 2 amide bonds. The van der Waals surface area contributed by atoms with Gasteiger partial charge < -0.3 is 57.5 Å². The molecule has 4 saturated heterocycles. The Morgan fingerprint density at radius 3 is 1.55 bits per heavy atom. The molecule has 0 spiro atoms. The fraction of sp³-hybridized carbons (Fsp3) is 0.617. The number of benzene rings is 3. The highest BCUT2D eigenvalue weighted by molar-refractivity contribution is 6.76. The number of terminal acetylenes is 1. The SMILES string of the molecule is C#CC(=O)OCC.CCOC(=O)C12CC1CN(C(=O)OC(C)(C)C)C2.CCOC(=O)C12CC1CN(Cc1ccccc1)C2.CCOC(=O)C12CNCC1C2.CCOC(=O)C1=CCN(Cc2ccccc2)C1.COCN(Cc1ccccc1)C[Si](C)(C)C.Cc1noc(C23CC2CN(C(=O)OC(C)(C)C)C3)n1. The molecule has 8 fully saturated rings. The Bertz CT molecular complexity index is 3610. The maximum atomic E-state index is 12.0. The van der Waals surface area contributed by atoms with Gasteiger partial charge in [-0.3, -0.25) is 29.1 Å². The van der Waals surface area contributed by atoms with Crippen molar-refractivity contribution in [2.24, 2.45) is 39.9 Å². The number of esters is 5. The number of piperidine rings is 4. The van der Waals surface area contributed by atoms with Gasteiger partial charge in [0.2, 0.25) is 5.89 Å². The third-order valence-electron chi connectivity index (χ3n) is 19.6. The Balaban J connectivity index is 0.000000175. The van der Waals surface area contributed by atoms with Crippen LogP contribution in [-0.4, -0.2) is 214 Å². The standard InChI is InChI=1S/C15H19NO2.C14H17NO2.C13H19N3O3.C13H21NO4.C13H23NOSi.C8H13NO2.C5H6O2/c1-2-18-14(17)15-8-13(15)10-16(11-15)9-12-6-4-3-5-7-12;1-2-17-14(16)13-8-9-15(11-13)10-12-6-4-3-5-7-12;1-8-14-10(19-15-8)13-5-9(13)6-16(7-13)11(17)18-12(2,3)4;1-5-17-10(15)13-6-9(13)7-14(8-13)11(16)18-12(2,3)4;1-15-11-14(12-16(2,3)4)10-13-8-6-5-7-9-13;1-2-11-7(10)8-3-6(8)4-9-5-8;1-3-5(6)7-4-2/h3-7,13H,2,8-11H2,1H3;3-8H,2,9-11H2,1H3;9H,5-7H2,1-4H3;9H,5-8H2,1-4H3;5-9H,10-12H2,1-4H3;6,9H,2-5H2,1H3;1H,4H2,2H3. The minimum Gasteiger partial charge on any atom is -0.466 e. The van der Waals surface area contributed by atoms with Crippen LogP contribution in [0.4, 0.5) is 9.59 Å². The van der Waals surface area contributed by atoms with Gasteiger partial charge in [-0.15, -0.1) is 6.42 Å². The molecule has 582 valence electrons. The highest BCUT2D eigenvalue weighted by Crippen LogP contribution is 2.61. The first-order valence-corrected chi connectivity index (χ1v) is 41.2. The van der Waals surface area contributed by atoms with Crippen LogP contribution in [0.1, 0.15) is 130 Å². The van der Waals surface area contributed by atoms with Gasteiger partial charge in [0.05, 0.1) is 69.5 Å². The van der Waals surface area contributed by atoms with E-state index in [9.17, 15) is 33.6 Å². The average Bonchev–Trinajstić information content (AvgIpc) is 1.56. The number of hydrogen-bond acceptors (Lipinski definition) is 22. The van der Waals surface area contributed by atoms with E-state index in [4.69, 9.17) is 37.7 Å². The molecular formula is C81H118N8O16Si. The van der Waals surface area contributed by atoms with Gasteiger partial charge in [-0.05, 0) is 162 Å². The summed E-state index contributed by atoms with van der Waals surface area (Å²) in [6.07, 6.45) is 11.1. The number of methoxy groups -OCH3 is 1. The van der Waals surface area contributed by atoms with E-state index in [1.54, 1.807) is 36.7 Å². The van der Waals surface area contributed by atoms with E-state index in [2.05, 4.69) is 128 Å². The van der Waals surface area contributed by atoms with Crippen molar-refractivity contribution in [2.45, 2.75) is 165 Å². The monoisotopic (exact) mass is 1490 g/mol. The van der Waals surface area contributed by atoms with Crippen molar-refractivity contribution < 1.29 is 76.0 Å². The van der Waals surface area contributed by atoms with Crippen molar-refractivity contribution in [1.82, 2.24) is 40.0 Å². The van der Waals surface area contributed by atoms with Crippen LogP contribution in [0.5, 0.6) is 0 Å². The maximum absolute atomic E-state index is 12.0. The molecule has 1 aromatic heterocycles. The molecule has 13 rings (SSSR count). The first-order valence-electron chi connectivity index (χ1n) is 37.5. The van der Waals surface area contributed by atoms with E-state index in [1.807, 2.05) is 99.6 Å². The smallest absolute Gasteiger partial charge is 0.410 e. The summed E-state index contributed by atoms with van der Waals surface area (Å²) in [5, 5.41) is 7.04. The Morgan fingerprint density at radius 2 is 1.09 bits per heavy atom. The van der Waals surface area contributed by atoms with Crippen LogP contribution < -0.4 is 5.32 Å². The Morgan fingerprint density at radius 1 is 0.613 bits per heavy atom. The maximum Gasteiger partial charge on any atom is 0.410 e. The second-order valence-corrected chi connectivity index (χ2v) is 37.4. The number of fused-ring (bicyclic) bond motifs is 4. The molecule has 24 nitrogen and oxygen atoms in total. The van der Waals surface area contributed by atoms with Crippen LogP contribution in [0.2, 0.25) is 19.6 Å². The number of rotatable bonds is 20. The Kier molecular flexibility index (Phi) is 30.7. The van der Waals surface area contributed by atoms with Gasteiger partial charge in [0.15, 0.2) is 5.82 Å². The quantitative estimate of drug-likeness (QED) is 0.0215. The summed E-state index contributed by atoms with van der Waals surface area (Å²) in [5.74, 6) is 3.99. The lowest BCUT2D eigenvalue weighted by Gasteiger charge is -2.28. The van der Waals surface area contributed by atoms with Gasteiger partial charge in [0.25, 0.3) is 0 Å². The zero-order chi connectivity index (χ0) is 77.7. The molecule has 5 aliphatic heterocycles. The minimum atomic E-state index is -1.07. The van der Waals surface area contributed by atoms with E-state index in [1.165, 1.54) is 22.9 Å². The fourth-order valence-electron chi connectivity index (χ4n) is 14.3. The number of amides is 2. The Labute approximate surface area is 629 Å². The molecule has 9 aliphatic rings. The number of nitrogens with one attached hydrogen (secondary N) is 1. The van der Waals surface area contributed by atoms with Gasteiger partial charge >= 0.3 is 42.0 Å². The molecule has 4 saturated carbocycles. The first kappa shape index (κ1) is 85.3. The summed E-state index contributed by atoms with van der Waals surface area (Å²) in [5.41, 5.74) is 2.95. The highest BCUT2D eigenvalue weighted by atomic mass is 28.3. The van der Waals surface area contributed by atoms with Crippen molar-refractivity contribution in [2.75, 3.05) is 118 Å². The lowest BCUT2D eigenvalue weighted by Crippen LogP contribution is -2.40. The largest absolute Gasteiger partial charge is 0.466 e. The fourth-order valence-corrected chi connectivity index (χ4v) is 15.9. The molecule has 0 radical (unpaired) electrons. The number of aromatic nitrogens is 2. The third-order valence-corrected chi connectivity index (χ3v) is 20.9. The normalized spacial score (nSPS) is 24.3. The lowest BCUT2D eigenvalue weighted by molar-refractivity contribution is -0.150. The summed E-state index contributed by atoms with van der Waals surface area (Å²) in [7, 11) is 0.701. The predicted octanol–water partition coefficient (Wildman–Crippen LogP) is 11.1. The highest BCUT2D eigenvalue weighted by Gasteiger charge is 2.68. The average molecular weight is 1490 g/mol. The molecule has 6 heterocycles. The summed E-state index contributed by atoms with van der Waals surface area (Å²) < 4.78 is 45.8. The molecular weight excluding hydrogens is 1370 g/mol. The summed E-state index contributed by atoms with van der Waals surface area (Å²) in [4.78, 5) is 95.3. The van der Waals surface area contributed by atoms with Crippen LogP contribution in [0.3, 0.4) is 0 Å². The molecule has 8 atom stereocenters. The Hall–Kier alpha value is -7.99. The van der Waals surface area contributed by atoms with Crippen molar-refractivity contribution in [3.05, 3.63) is 131 Å². The topological polar surface area (TPSA) is 260 Å². The summed E-state index contributed by atoms with van der Waals surface area (Å²) in [6.45, 7) is 42.5.